The van der Waals surface area contributed by atoms with E-state index in [0.29, 0.717) is 16.8 Å². The van der Waals surface area contributed by atoms with Crippen LogP contribution in [0.25, 0.3) is 22.2 Å². The Morgan fingerprint density at radius 2 is 1.50 bits per heavy atom. The maximum atomic E-state index is 13.7. The Hall–Kier alpha value is -3.53. The fourth-order valence-corrected chi connectivity index (χ4v) is 3.03. The number of carbonyl (C=O) groups excluding carboxylic acids is 1. The lowest BCUT2D eigenvalue weighted by Crippen LogP contribution is -2.19. The summed E-state index contributed by atoms with van der Waals surface area (Å²) < 4.78 is 13.7. The summed E-state index contributed by atoms with van der Waals surface area (Å²) in [6.07, 6.45) is 0. The van der Waals surface area contributed by atoms with Crippen molar-refractivity contribution >= 4 is 16.7 Å². The number of rotatable bonds is 3. The summed E-state index contributed by atoms with van der Waals surface area (Å²) in [7, 11) is 0. The molecular formula is C22H14FNO2. The van der Waals surface area contributed by atoms with Gasteiger partial charge in [0.1, 0.15) is 5.82 Å². The highest BCUT2D eigenvalue weighted by Gasteiger charge is 2.21. The van der Waals surface area contributed by atoms with Crippen molar-refractivity contribution in [3.8, 4) is 11.3 Å². The zero-order valence-electron chi connectivity index (χ0n) is 13.7. The van der Waals surface area contributed by atoms with Crippen molar-refractivity contribution < 1.29 is 9.18 Å². The average Bonchev–Trinajstić information content (AvgIpc) is 2.69. The van der Waals surface area contributed by atoms with Crippen LogP contribution in [0.15, 0.2) is 83.7 Å². The number of benzene rings is 3. The van der Waals surface area contributed by atoms with Gasteiger partial charge >= 0.3 is 0 Å². The highest BCUT2D eigenvalue weighted by molar-refractivity contribution is 6.13. The predicted octanol–water partition coefficient (Wildman–Crippen LogP) is 4.57. The molecule has 1 heterocycles. The zero-order chi connectivity index (χ0) is 18.1. The molecular weight excluding hydrogens is 329 g/mol. The number of nitrogens with one attached hydrogen (secondary N) is 1. The number of ketones is 1. The van der Waals surface area contributed by atoms with E-state index in [0.717, 1.165) is 11.6 Å². The molecule has 0 aliphatic heterocycles. The van der Waals surface area contributed by atoms with E-state index in [1.165, 1.54) is 12.1 Å². The average molecular weight is 343 g/mol. The van der Waals surface area contributed by atoms with Crippen molar-refractivity contribution in [3.63, 3.8) is 0 Å². The third-order valence-electron chi connectivity index (χ3n) is 4.29. The second-order valence-corrected chi connectivity index (χ2v) is 5.96. The van der Waals surface area contributed by atoms with Gasteiger partial charge in [0, 0.05) is 16.5 Å². The van der Waals surface area contributed by atoms with Crippen molar-refractivity contribution in [2.24, 2.45) is 0 Å². The summed E-state index contributed by atoms with van der Waals surface area (Å²) in [6.45, 7) is 0. The van der Waals surface area contributed by atoms with Gasteiger partial charge < -0.3 is 4.98 Å². The van der Waals surface area contributed by atoms with Crippen molar-refractivity contribution in [2.75, 3.05) is 0 Å². The molecule has 0 aliphatic carbocycles. The number of aromatic amines is 1. The van der Waals surface area contributed by atoms with Crippen molar-refractivity contribution in [1.82, 2.24) is 4.98 Å². The number of halogens is 1. The Morgan fingerprint density at radius 1 is 0.846 bits per heavy atom. The minimum atomic E-state index is -0.520. The van der Waals surface area contributed by atoms with E-state index in [1.54, 1.807) is 30.3 Å². The topological polar surface area (TPSA) is 49.9 Å². The molecule has 0 bridgehead atoms. The predicted molar refractivity (Wildman–Crippen MR) is 99.8 cm³/mol. The molecule has 0 atom stereocenters. The monoisotopic (exact) mass is 343 g/mol. The van der Waals surface area contributed by atoms with E-state index in [1.807, 2.05) is 30.3 Å². The lowest BCUT2D eigenvalue weighted by molar-refractivity contribution is 0.103. The summed E-state index contributed by atoms with van der Waals surface area (Å²) in [4.78, 5) is 29.3. The number of carbonyl (C=O) groups is 1. The van der Waals surface area contributed by atoms with Crippen LogP contribution in [0.4, 0.5) is 4.39 Å². The summed E-state index contributed by atoms with van der Waals surface area (Å²) in [6, 6.07) is 21.7. The normalized spacial score (nSPS) is 10.8. The Morgan fingerprint density at radius 3 is 2.19 bits per heavy atom. The number of fused-ring (bicyclic) bond motifs is 1. The lowest BCUT2D eigenvalue weighted by Gasteiger charge is -2.11. The molecule has 0 radical (unpaired) electrons. The molecule has 0 saturated heterocycles. The third kappa shape index (κ3) is 2.71. The van der Waals surface area contributed by atoms with E-state index in [4.69, 9.17) is 0 Å². The molecule has 1 aromatic heterocycles. The molecule has 4 aromatic rings. The summed E-state index contributed by atoms with van der Waals surface area (Å²) in [5, 5.41) is 0.156. The molecule has 0 amide bonds. The molecule has 0 saturated carbocycles. The maximum absolute atomic E-state index is 13.7. The summed E-state index contributed by atoms with van der Waals surface area (Å²) in [5.41, 5.74) is 1.58. The highest BCUT2D eigenvalue weighted by Crippen LogP contribution is 2.24. The van der Waals surface area contributed by atoms with Crippen molar-refractivity contribution in [1.29, 1.82) is 0 Å². The largest absolute Gasteiger partial charge is 0.354 e. The standard InChI is InChI=1S/C22H14FNO2/c23-16-11-12-18-17(13-16)22(26)19(21(25)15-9-5-2-6-10-15)20(24-18)14-7-3-1-4-8-14/h1-13H,(H,24,26). The van der Waals surface area contributed by atoms with Gasteiger partial charge in [0.2, 0.25) is 5.43 Å². The smallest absolute Gasteiger partial charge is 0.201 e. The maximum Gasteiger partial charge on any atom is 0.201 e. The molecule has 4 rings (SSSR count). The van der Waals surface area contributed by atoms with E-state index >= 15 is 0 Å². The van der Waals surface area contributed by atoms with Gasteiger partial charge in [-0.3, -0.25) is 9.59 Å². The van der Waals surface area contributed by atoms with Gasteiger partial charge in [-0.25, -0.2) is 4.39 Å². The molecule has 1 N–H and O–H groups in total. The number of hydrogen-bond acceptors (Lipinski definition) is 2. The molecule has 0 unspecified atom stereocenters. The molecule has 26 heavy (non-hydrogen) atoms. The van der Waals surface area contributed by atoms with Crippen LogP contribution in [-0.2, 0) is 0 Å². The molecule has 4 heteroatoms. The van der Waals surface area contributed by atoms with Gasteiger partial charge in [-0.05, 0) is 23.8 Å². The van der Waals surface area contributed by atoms with Gasteiger partial charge in [-0.2, -0.15) is 0 Å². The molecule has 126 valence electrons. The second kappa shape index (κ2) is 6.41. The van der Waals surface area contributed by atoms with Crippen LogP contribution in [0.1, 0.15) is 15.9 Å². The third-order valence-corrected chi connectivity index (χ3v) is 4.29. The van der Waals surface area contributed by atoms with E-state index in [-0.39, 0.29) is 10.9 Å². The van der Waals surface area contributed by atoms with E-state index in [9.17, 15) is 14.0 Å². The van der Waals surface area contributed by atoms with Crippen LogP contribution < -0.4 is 5.43 Å². The fraction of sp³-hybridized carbons (Fsp3) is 0. The number of H-pyrrole nitrogens is 1. The van der Waals surface area contributed by atoms with Gasteiger partial charge in [-0.1, -0.05) is 60.7 Å². The first kappa shape index (κ1) is 16.0. The second-order valence-electron chi connectivity index (χ2n) is 5.96. The van der Waals surface area contributed by atoms with Crippen LogP contribution in [0, 0.1) is 5.82 Å². The first-order chi connectivity index (χ1) is 12.6. The van der Waals surface area contributed by atoms with Gasteiger partial charge in [-0.15, -0.1) is 0 Å². The van der Waals surface area contributed by atoms with Gasteiger partial charge in [0.25, 0.3) is 0 Å². The zero-order valence-corrected chi connectivity index (χ0v) is 13.7. The SMILES string of the molecule is O=C(c1ccccc1)c1c(-c2ccccc2)[nH]c2ccc(F)cc2c1=O. The minimum absolute atomic E-state index is 0.0144. The number of hydrogen-bond donors (Lipinski definition) is 1. The first-order valence-electron chi connectivity index (χ1n) is 8.16. The van der Waals surface area contributed by atoms with Gasteiger partial charge in [0.05, 0.1) is 11.3 Å². The molecule has 3 aromatic carbocycles. The molecule has 0 aliphatic rings. The van der Waals surface area contributed by atoms with Crippen LogP contribution in [0.2, 0.25) is 0 Å². The lowest BCUT2D eigenvalue weighted by atomic mass is 9.96. The number of pyridine rings is 1. The molecule has 0 fully saturated rings. The Bertz CT molecular complexity index is 1170. The fourth-order valence-electron chi connectivity index (χ4n) is 3.03. The quantitative estimate of drug-likeness (QED) is 0.554. The minimum Gasteiger partial charge on any atom is -0.354 e. The first-order valence-corrected chi connectivity index (χ1v) is 8.16. The Kier molecular flexibility index (Phi) is 3.93. The highest BCUT2D eigenvalue weighted by atomic mass is 19.1. The van der Waals surface area contributed by atoms with E-state index in [2.05, 4.69) is 4.98 Å². The van der Waals surface area contributed by atoms with Gasteiger partial charge in [0.15, 0.2) is 5.78 Å². The molecule has 0 spiro atoms. The van der Waals surface area contributed by atoms with Crippen LogP contribution in [0.3, 0.4) is 0 Å². The molecule has 3 nitrogen and oxygen atoms in total. The Balaban J connectivity index is 2.07. The van der Waals surface area contributed by atoms with E-state index < -0.39 is 17.0 Å². The van der Waals surface area contributed by atoms with Crippen molar-refractivity contribution in [3.05, 3.63) is 106 Å². The van der Waals surface area contributed by atoms with Crippen LogP contribution >= 0.6 is 0 Å². The van der Waals surface area contributed by atoms with Crippen LogP contribution in [0.5, 0.6) is 0 Å². The summed E-state index contributed by atoms with van der Waals surface area (Å²) in [5.74, 6) is -0.912. The Labute approximate surface area is 148 Å². The van der Waals surface area contributed by atoms with Crippen LogP contribution in [-0.4, -0.2) is 10.8 Å². The summed E-state index contributed by atoms with van der Waals surface area (Å²) >= 11 is 0. The van der Waals surface area contributed by atoms with Crippen molar-refractivity contribution in [2.45, 2.75) is 0 Å². The number of aromatic nitrogens is 1.